The van der Waals surface area contributed by atoms with Crippen LogP contribution in [0.4, 0.5) is 0 Å². The standard InChI is InChI=1S/C54H96NO8P/c1-6-8-10-12-14-16-18-20-22-24-25-26-27-28-29-31-33-35-37-39-41-43-45-47-54(57)63-52(51-62-64(58,59)61-49-48-55(3,4)5)50-60-53(56)46-44-42-40-38-36-34-32-30-23-21-19-17-15-13-11-9-7-2/h11,13,17,19,23,30-31,33-34,36,39,41,52H,6-10,12,14-16,18,20-22,24-29,32,35,37-38,40,42-51H2,1-5H3/p+1/b13-11+,19-17+,30-23+,33-31+,36-34+,41-39+/t52-/m1/s1. The molecular weight excluding hydrogens is 822 g/mol. The molecule has 0 rings (SSSR count). The number of nitrogens with zero attached hydrogens (tertiary/aromatic N) is 1. The van der Waals surface area contributed by atoms with Gasteiger partial charge in [-0.1, -0.05) is 183 Å². The molecule has 9 nitrogen and oxygen atoms in total. The van der Waals surface area contributed by atoms with Crippen LogP contribution in [0.1, 0.15) is 206 Å². The molecule has 0 aliphatic carbocycles. The molecule has 1 N–H and O–H groups in total. The van der Waals surface area contributed by atoms with Crippen molar-refractivity contribution < 1.29 is 42.1 Å². The summed E-state index contributed by atoms with van der Waals surface area (Å²) in [6, 6.07) is 0. The van der Waals surface area contributed by atoms with Gasteiger partial charge in [-0.3, -0.25) is 18.6 Å². The number of quaternary nitrogens is 1. The molecule has 0 aromatic rings. The number of phosphoric ester groups is 1. The Kier molecular flexibility index (Phi) is 43.8. The van der Waals surface area contributed by atoms with E-state index in [9.17, 15) is 19.0 Å². The maximum Gasteiger partial charge on any atom is 0.472 e. The van der Waals surface area contributed by atoms with E-state index in [1.807, 2.05) is 21.1 Å². The van der Waals surface area contributed by atoms with Gasteiger partial charge in [-0.05, 0) is 83.5 Å². The Morgan fingerprint density at radius 1 is 0.484 bits per heavy atom. The van der Waals surface area contributed by atoms with E-state index < -0.39 is 32.5 Å². The fourth-order valence-corrected chi connectivity index (χ4v) is 7.41. The van der Waals surface area contributed by atoms with Gasteiger partial charge in [0.1, 0.15) is 19.8 Å². The number of rotatable bonds is 46. The van der Waals surface area contributed by atoms with E-state index in [0.29, 0.717) is 23.9 Å². The SMILES string of the molecule is CCC/C=C/C/C=C/C/C=C/C/C=C/CCCCCC(=O)OC[C@H](COP(=O)(O)OCC[N+](C)(C)C)OC(=O)CCC/C=C/CC/C=C/CCCCCCCCCCCCCCCC. The number of ether oxygens (including phenoxy) is 2. The molecule has 1 unspecified atom stereocenters. The smallest absolute Gasteiger partial charge is 0.462 e. The van der Waals surface area contributed by atoms with Crippen LogP contribution in [0.15, 0.2) is 72.9 Å². The first-order valence-corrected chi connectivity index (χ1v) is 27.2. The first kappa shape index (κ1) is 61.5. The summed E-state index contributed by atoms with van der Waals surface area (Å²) in [7, 11) is 1.43. The lowest BCUT2D eigenvalue weighted by atomic mass is 10.0. The number of phosphoric acid groups is 1. The van der Waals surface area contributed by atoms with Crippen molar-refractivity contribution in [2.24, 2.45) is 0 Å². The summed E-state index contributed by atoms with van der Waals surface area (Å²) in [6.45, 7) is 4.28. The molecule has 0 bridgehead atoms. The zero-order valence-corrected chi connectivity index (χ0v) is 42.6. The number of hydrogen-bond donors (Lipinski definition) is 1. The van der Waals surface area contributed by atoms with Crippen LogP contribution in [0.5, 0.6) is 0 Å². The van der Waals surface area contributed by atoms with Crippen molar-refractivity contribution in [1.29, 1.82) is 0 Å². The first-order chi connectivity index (χ1) is 31.0. The molecule has 0 spiro atoms. The Morgan fingerprint density at radius 2 is 0.906 bits per heavy atom. The van der Waals surface area contributed by atoms with Gasteiger partial charge in [0.05, 0.1) is 27.7 Å². The molecule has 0 amide bonds. The van der Waals surface area contributed by atoms with Gasteiger partial charge in [0.2, 0.25) is 0 Å². The van der Waals surface area contributed by atoms with E-state index in [1.54, 1.807) is 0 Å². The minimum absolute atomic E-state index is 0.0163. The Hall–Kier alpha value is -2.55. The van der Waals surface area contributed by atoms with Crippen molar-refractivity contribution in [1.82, 2.24) is 0 Å². The lowest BCUT2D eigenvalue weighted by Crippen LogP contribution is -2.37. The Balaban J connectivity index is 4.35. The fraction of sp³-hybridized carbons (Fsp3) is 0.741. The van der Waals surface area contributed by atoms with Crippen LogP contribution in [-0.4, -0.2) is 74.9 Å². The first-order valence-electron chi connectivity index (χ1n) is 25.7. The third kappa shape index (κ3) is 48.9. The van der Waals surface area contributed by atoms with Gasteiger partial charge in [-0.2, -0.15) is 0 Å². The van der Waals surface area contributed by atoms with Gasteiger partial charge >= 0.3 is 19.8 Å². The molecular formula is C54H97NO8P+. The van der Waals surface area contributed by atoms with Crippen LogP contribution < -0.4 is 0 Å². The predicted octanol–water partition coefficient (Wildman–Crippen LogP) is 15.4. The van der Waals surface area contributed by atoms with Crippen molar-refractivity contribution in [3.8, 4) is 0 Å². The van der Waals surface area contributed by atoms with Crippen LogP contribution in [0.3, 0.4) is 0 Å². The number of allylic oxidation sites excluding steroid dienone is 12. The van der Waals surface area contributed by atoms with E-state index in [-0.39, 0.29) is 26.1 Å². The number of esters is 2. The van der Waals surface area contributed by atoms with Crippen molar-refractivity contribution in [3.05, 3.63) is 72.9 Å². The third-order valence-electron chi connectivity index (χ3n) is 10.7. The molecule has 0 aliphatic heterocycles. The average molecular weight is 919 g/mol. The van der Waals surface area contributed by atoms with E-state index in [2.05, 4.69) is 86.8 Å². The Labute approximate surface area is 393 Å². The second-order valence-corrected chi connectivity index (χ2v) is 19.6. The van der Waals surface area contributed by atoms with E-state index in [4.69, 9.17) is 18.5 Å². The molecule has 0 heterocycles. The van der Waals surface area contributed by atoms with Crippen molar-refractivity contribution in [3.63, 3.8) is 0 Å². The zero-order valence-electron chi connectivity index (χ0n) is 41.7. The van der Waals surface area contributed by atoms with Crippen molar-refractivity contribution in [2.45, 2.75) is 213 Å². The summed E-state index contributed by atoms with van der Waals surface area (Å²) in [5.74, 6) is -0.886. The second-order valence-electron chi connectivity index (χ2n) is 18.2. The number of carbonyl (C=O) groups is 2. The molecule has 0 aliphatic rings. The highest BCUT2D eigenvalue weighted by Gasteiger charge is 2.27. The summed E-state index contributed by atoms with van der Waals surface area (Å²) in [5.41, 5.74) is 0. The van der Waals surface area contributed by atoms with Crippen molar-refractivity contribution >= 4 is 19.8 Å². The van der Waals surface area contributed by atoms with E-state index in [1.165, 1.54) is 96.3 Å². The van der Waals surface area contributed by atoms with E-state index in [0.717, 1.165) is 70.6 Å². The molecule has 0 saturated carbocycles. The molecule has 370 valence electrons. The van der Waals surface area contributed by atoms with Gasteiger partial charge in [-0.25, -0.2) is 4.57 Å². The largest absolute Gasteiger partial charge is 0.472 e. The van der Waals surface area contributed by atoms with Crippen LogP contribution in [0.25, 0.3) is 0 Å². The molecule has 0 aromatic carbocycles. The summed E-state index contributed by atoms with van der Waals surface area (Å²) < 4.78 is 34.3. The van der Waals surface area contributed by atoms with Gasteiger partial charge in [0.15, 0.2) is 6.10 Å². The quantitative estimate of drug-likeness (QED) is 0.0211. The molecule has 0 aromatic heterocycles. The minimum atomic E-state index is -4.40. The summed E-state index contributed by atoms with van der Waals surface area (Å²) in [4.78, 5) is 35.5. The highest BCUT2D eigenvalue weighted by molar-refractivity contribution is 7.47. The van der Waals surface area contributed by atoms with Crippen LogP contribution >= 0.6 is 7.82 Å². The van der Waals surface area contributed by atoms with Crippen molar-refractivity contribution in [2.75, 3.05) is 47.5 Å². The zero-order chi connectivity index (χ0) is 47.1. The Morgan fingerprint density at radius 3 is 1.42 bits per heavy atom. The maximum absolute atomic E-state index is 12.7. The number of unbranched alkanes of at least 4 members (excludes halogenated alkanes) is 20. The third-order valence-corrected chi connectivity index (χ3v) is 11.7. The maximum atomic E-state index is 12.7. The Bertz CT molecular complexity index is 1310. The molecule has 64 heavy (non-hydrogen) atoms. The van der Waals surface area contributed by atoms with Crippen LogP contribution in [0, 0.1) is 0 Å². The monoisotopic (exact) mass is 919 g/mol. The number of likely N-dealkylation sites (N-methyl/N-ethyl adjacent to an activating group) is 1. The normalized spacial score (nSPS) is 14.0. The van der Waals surface area contributed by atoms with Gasteiger partial charge < -0.3 is 18.9 Å². The lowest BCUT2D eigenvalue weighted by Gasteiger charge is -2.24. The van der Waals surface area contributed by atoms with Gasteiger partial charge in [0, 0.05) is 12.8 Å². The second kappa shape index (κ2) is 45.6. The lowest BCUT2D eigenvalue weighted by molar-refractivity contribution is -0.870. The predicted molar refractivity (Wildman–Crippen MR) is 270 cm³/mol. The van der Waals surface area contributed by atoms with Gasteiger partial charge in [0.25, 0.3) is 0 Å². The topological polar surface area (TPSA) is 108 Å². The minimum Gasteiger partial charge on any atom is -0.462 e. The van der Waals surface area contributed by atoms with Crippen LogP contribution in [0.2, 0.25) is 0 Å². The highest BCUT2D eigenvalue weighted by atomic mass is 31.2. The molecule has 10 heteroatoms. The highest BCUT2D eigenvalue weighted by Crippen LogP contribution is 2.43. The van der Waals surface area contributed by atoms with Gasteiger partial charge in [-0.15, -0.1) is 0 Å². The molecule has 0 fully saturated rings. The number of hydrogen-bond acceptors (Lipinski definition) is 7. The van der Waals surface area contributed by atoms with Crippen LogP contribution in [-0.2, 0) is 32.7 Å². The molecule has 0 radical (unpaired) electrons. The summed E-state index contributed by atoms with van der Waals surface area (Å²) in [6.07, 6.45) is 58.3. The average Bonchev–Trinajstić information content (AvgIpc) is 3.25. The molecule has 2 atom stereocenters. The summed E-state index contributed by atoms with van der Waals surface area (Å²) >= 11 is 0. The fourth-order valence-electron chi connectivity index (χ4n) is 6.67. The molecule has 0 saturated heterocycles. The number of carbonyl (C=O) groups excluding carboxylic acids is 2. The summed E-state index contributed by atoms with van der Waals surface area (Å²) in [5, 5.41) is 0. The van der Waals surface area contributed by atoms with E-state index >= 15 is 0 Å².